The Morgan fingerprint density at radius 1 is 1.05 bits per heavy atom. The smallest absolute Gasteiger partial charge is 0.416 e. The van der Waals surface area contributed by atoms with Crippen LogP contribution in [-0.4, -0.2) is 23.2 Å². The summed E-state index contributed by atoms with van der Waals surface area (Å²) in [5, 5.41) is 12.9. The van der Waals surface area contributed by atoms with Crippen molar-refractivity contribution in [3.05, 3.63) is 101 Å². The minimum Gasteiger partial charge on any atom is -0.509 e. The van der Waals surface area contributed by atoms with Crippen molar-refractivity contribution >= 4 is 5.91 Å². The van der Waals surface area contributed by atoms with Crippen molar-refractivity contribution in [1.82, 2.24) is 5.32 Å². The van der Waals surface area contributed by atoms with E-state index in [1.165, 1.54) is 6.07 Å². The Morgan fingerprint density at radius 2 is 1.77 bits per heavy atom. The average Bonchev–Trinajstić information content (AvgIpc) is 3.69. The molecule has 3 aromatic rings. The standard InChI is InChI=1S/C31H32F3NO4/c1-20-16-27(12-13-28(20)39-30(3,21(2)36)19-23-10-11-23)38-26-9-5-7-24(18-26)29(37)35-15-14-22-6-4-8-25(17-22)31(32,33)34/h4-9,12-13,16-18,23,36H,2,10-11,14-15,19H2,1,3H3,(H,35,37). The fraction of sp³-hybridized carbons (Fsp3) is 0.323. The van der Waals surface area contributed by atoms with Crippen LogP contribution in [-0.2, 0) is 12.6 Å². The Bertz CT molecular complexity index is 1350. The van der Waals surface area contributed by atoms with Gasteiger partial charge in [-0.3, -0.25) is 4.79 Å². The van der Waals surface area contributed by atoms with Crippen molar-refractivity contribution in [3.63, 3.8) is 0 Å². The van der Waals surface area contributed by atoms with E-state index in [4.69, 9.17) is 9.47 Å². The summed E-state index contributed by atoms with van der Waals surface area (Å²) >= 11 is 0. The number of nitrogens with one attached hydrogen (secondary N) is 1. The lowest BCUT2D eigenvalue weighted by Gasteiger charge is -2.30. The first kappa shape index (κ1) is 28.1. The molecule has 4 rings (SSSR count). The molecule has 0 aromatic heterocycles. The lowest BCUT2D eigenvalue weighted by molar-refractivity contribution is -0.137. The summed E-state index contributed by atoms with van der Waals surface area (Å²) in [4.78, 5) is 12.6. The van der Waals surface area contributed by atoms with Crippen LogP contribution in [0.25, 0.3) is 0 Å². The first-order valence-electron chi connectivity index (χ1n) is 12.8. The molecular formula is C31H32F3NO4. The Hall–Kier alpha value is -3.94. The van der Waals surface area contributed by atoms with E-state index < -0.39 is 17.3 Å². The molecule has 5 nitrogen and oxygen atoms in total. The van der Waals surface area contributed by atoms with Crippen LogP contribution >= 0.6 is 0 Å². The van der Waals surface area contributed by atoms with Gasteiger partial charge in [-0.25, -0.2) is 0 Å². The maximum atomic E-state index is 12.9. The number of rotatable bonds is 11. The van der Waals surface area contributed by atoms with Gasteiger partial charge in [0.25, 0.3) is 5.91 Å². The molecule has 0 bridgehead atoms. The maximum absolute atomic E-state index is 12.9. The van der Waals surface area contributed by atoms with E-state index in [1.807, 2.05) is 19.9 Å². The molecular weight excluding hydrogens is 507 g/mol. The third kappa shape index (κ3) is 7.56. The number of hydrogen-bond donors (Lipinski definition) is 2. The van der Waals surface area contributed by atoms with Gasteiger partial charge in [-0.2, -0.15) is 13.2 Å². The van der Waals surface area contributed by atoms with Gasteiger partial charge in [0.05, 0.1) is 5.56 Å². The molecule has 0 saturated heterocycles. The van der Waals surface area contributed by atoms with Gasteiger partial charge < -0.3 is 19.9 Å². The maximum Gasteiger partial charge on any atom is 0.416 e. The molecule has 39 heavy (non-hydrogen) atoms. The highest BCUT2D eigenvalue weighted by Crippen LogP contribution is 2.41. The third-order valence-electron chi connectivity index (χ3n) is 6.75. The monoisotopic (exact) mass is 539 g/mol. The first-order valence-corrected chi connectivity index (χ1v) is 12.8. The lowest BCUT2D eigenvalue weighted by atomic mass is 9.96. The minimum absolute atomic E-state index is 0.000885. The molecule has 1 aliphatic carbocycles. The zero-order chi connectivity index (χ0) is 28.2. The topological polar surface area (TPSA) is 67.8 Å². The SMILES string of the molecule is C=C(O)C(C)(CC1CC1)Oc1ccc(Oc2cccc(C(=O)NCCc3cccc(C(F)(F)F)c3)c2)cc1C. The molecule has 2 N–H and O–H groups in total. The van der Waals surface area contributed by atoms with Crippen LogP contribution in [0.3, 0.4) is 0 Å². The molecule has 1 aliphatic rings. The van der Waals surface area contributed by atoms with E-state index in [0.29, 0.717) is 40.7 Å². The molecule has 8 heteroatoms. The first-order chi connectivity index (χ1) is 18.4. The number of carbonyl (C=O) groups is 1. The zero-order valence-electron chi connectivity index (χ0n) is 22.0. The number of alkyl halides is 3. The van der Waals surface area contributed by atoms with Crippen LogP contribution in [0.1, 0.15) is 53.2 Å². The predicted octanol–water partition coefficient (Wildman–Crippen LogP) is 7.79. The average molecular weight is 540 g/mol. The number of aliphatic hydroxyl groups is 1. The van der Waals surface area contributed by atoms with Gasteiger partial charge >= 0.3 is 6.18 Å². The molecule has 1 amide bonds. The molecule has 3 aromatic carbocycles. The van der Waals surface area contributed by atoms with Crippen molar-refractivity contribution in [3.8, 4) is 17.2 Å². The van der Waals surface area contributed by atoms with Gasteiger partial charge in [0, 0.05) is 12.1 Å². The van der Waals surface area contributed by atoms with Crippen LogP contribution < -0.4 is 14.8 Å². The largest absolute Gasteiger partial charge is 0.509 e. The van der Waals surface area contributed by atoms with Crippen molar-refractivity contribution in [2.75, 3.05) is 6.54 Å². The molecule has 0 aliphatic heterocycles. The second-order valence-electron chi connectivity index (χ2n) is 10.2. The molecule has 1 unspecified atom stereocenters. The van der Waals surface area contributed by atoms with Gasteiger partial charge in [0.2, 0.25) is 0 Å². The number of halogens is 3. The molecule has 1 fully saturated rings. The number of amides is 1. The number of aliphatic hydroxyl groups excluding tert-OH is 1. The summed E-state index contributed by atoms with van der Waals surface area (Å²) in [6.45, 7) is 7.62. The zero-order valence-corrected chi connectivity index (χ0v) is 22.0. The normalized spacial score (nSPS) is 14.8. The van der Waals surface area contributed by atoms with Crippen molar-refractivity contribution in [1.29, 1.82) is 0 Å². The fourth-order valence-corrected chi connectivity index (χ4v) is 4.30. The van der Waals surface area contributed by atoms with Crippen molar-refractivity contribution in [2.24, 2.45) is 5.92 Å². The summed E-state index contributed by atoms with van der Waals surface area (Å²) in [6, 6.07) is 17.1. The summed E-state index contributed by atoms with van der Waals surface area (Å²) in [5.74, 6) is 1.80. The van der Waals surface area contributed by atoms with Crippen LogP contribution in [0, 0.1) is 12.8 Å². The fourth-order valence-electron chi connectivity index (χ4n) is 4.30. The molecule has 0 heterocycles. The minimum atomic E-state index is -4.41. The highest BCUT2D eigenvalue weighted by Gasteiger charge is 2.38. The summed E-state index contributed by atoms with van der Waals surface area (Å²) in [6.07, 6.45) is -1.18. The van der Waals surface area contributed by atoms with Gasteiger partial charge in [-0.05, 0) is 86.2 Å². The summed E-state index contributed by atoms with van der Waals surface area (Å²) in [5.41, 5.74) is 0.0972. The Kier molecular flexibility index (Phi) is 8.23. The predicted molar refractivity (Wildman–Crippen MR) is 143 cm³/mol. The van der Waals surface area contributed by atoms with E-state index >= 15 is 0 Å². The highest BCUT2D eigenvalue weighted by atomic mass is 19.4. The van der Waals surface area contributed by atoms with Gasteiger partial charge in [-0.15, -0.1) is 0 Å². The number of hydrogen-bond acceptors (Lipinski definition) is 4. The molecule has 1 atom stereocenters. The number of carbonyl (C=O) groups excluding carboxylic acids is 1. The lowest BCUT2D eigenvalue weighted by Crippen LogP contribution is -2.35. The van der Waals surface area contributed by atoms with E-state index in [9.17, 15) is 23.1 Å². The number of aryl methyl sites for hydroxylation is 1. The van der Waals surface area contributed by atoms with E-state index in [1.54, 1.807) is 42.5 Å². The number of benzene rings is 3. The van der Waals surface area contributed by atoms with Gasteiger partial charge in [0.1, 0.15) is 23.0 Å². The summed E-state index contributed by atoms with van der Waals surface area (Å²) < 4.78 is 50.9. The summed E-state index contributed by atoms with van der Waals surface area (Å²) in [7, 11) is 0. The van der Waals surface area contributed by atoms with Crippen molar-refractivity contribution in [2.45, 2.75) is 51.3 Å². The van der Waals surface area contributed by atoms with Crippen LogP contribution in [0.2, 0.25) is 0 Å². The van der Waals surface area contributed by atoms with E-state index in [2.05, 4.69) is 11.9 Å². The van der Waals surface area contributed by atoms with Crippen LogP contribution in [0.5, 0.6) is 17.2 Å². The van der Waals surface area contributed by atoms with Gasteiger partial charge in [0.15, 0.2) is 5.60 Å². The Morgan fingerprint density at radius 3 is 2.44 bits per heavy atom. The Labute approximate surface area is 226 Å². The van der Waals surface area contributed by atoms with E-state index in [-0.39, 0.29) is 24.6 Å². The second kappa shape index (κ2) is 11.4. The Balaban J connectivity index is 1.35. The van der Waals surface area contributed by atoms with Crippen LogP contribution in [0.4, 0.5) is 13.2 Å². The van der Waals surface area contributed by atoms with Crippen molar-refractivity contribution < 1.29 is 32.5 Å². The highest BCUT2D eigenvalue weighted by molar-refractivity contribution is 5.94. The molecule has 1 saturated carbocycles. The quantitative estimate of drug-likeness (QED) is 0.244. The second-order valence-corrected chi connectivity index (χ2v) is 10.2. The molecule has 206 valence electrons. The van der Waals surface area contributed by atoms with E-state index in [0.717, 1.165) is 30.5 Å². The van der Waals surface area contributed by atoms with Gasteiger partial charge in [-0.1, -0.05) is 43.7 Å². The molecule has 0 spiro atoms. The number of ether oxygens (including phenoxy) is 2. The van der Waals surface area contributed by atoms with Crippen LogP contribution in [0.15, 0.2) is 79.1 Å². The third-order valence-corrected chi connectivity index (χ3v) is 6.75. The molecule has 0 radical (unpaired) electrons.